The molecular formula is C13H28N2. The van der Waals surface area contributed by atoms with Gasteiger partial charge in [0.15, 0.2) is 0 Å². The standard InChI is InChI=1S/C13H28N2/c1-11(2)13(3,10-14)15(4)9-12-7-5-6-8-12/h11-12H,5-10,14H2,1-4H3. The lowest BCUT2D eigenvalue weighted by Crippen LogP contribution is -2.54. The van der Waals surface area contributed by atoms with Crippen molar-refractivity contribution in [2.75, 3.05) is 20.1 Å². The largest absolute Gasteiger partial charge is 0.329 e. The van der Waals surface area contributed by atoms with Crippen molar-refractivity contribution in [3.63, 3.8) is 0 Å². The number of nitrogens with two attached hydrogens (primary N) is 1. The Bertz CT molecular complexity index is 185. The zero-order valence-electron chi connectivity index (χ0n) is 10.9. The molecule has 0 spiro atoms. The Morgan fingerprint density at radius 3 is 2.27 bits per heavy atom. The molecule has 2 nitrogen and oxygen atoms in total. The van der Waals surface area contributed by atoms with Gasteiger partial charge in [0.1, 0.15) is 0 Å². The first-order valence-corrected chi connectivity index (χ1v) is 6.42. The molecule has 0 bridgehead atoms. The fourth-order valence-corrected chi connectivity index (χ4v) is 2.62. The fraction of sp³-hybridized carbons (Fsp3) is 1.00. The third-order valence-corrected chi connectivity index (χ3v) is 4.54. The van der Waals surface area contributed by atoms with Crippen LogP contribution in [-0.4, -0.2) is 30.6 Å². The van der Waals surface area contributed by atoms with E-state index in [1.54, 1.807) is 0 Å². The average molecular weight is 212 g/mol. The van der Waals surface area contributed by atoms with E-state index < -0.39 is 0 Å². The minimum Gasteiger partial charge on any atom is -0.329 e. The second kappa shape index (κ2) is 5.31. The molecule has 1 aliphatic rings. The van der Waals surface area contributed by atoms with Crippen molar-refractivity contribution >= 4 is 0 Å². The van der Waals surface area contributed by atoms with Crippen LogP contribution in [0.3, 0.4) is 0 Å². The number of likely N-dealkylation sites (N-methyl/N-ethyl adjacent to an activating group) is 1. The quantitative estimate of drug-likeness (QED) is 0.758. The predicted octanol–water partition coefficient (Wildman–Crippen LogP) is 2.48. The van der Waals surface area contributed by atoms with E-state index in [1.807, 2.05) is 0 Å². The topological polar surface area (TPSA) is 29.3 Å². The molecule has 0 radical (unpaired) electrons. The maximum Gasteiger partial charge on any atom is 0.0323 e. The summed E-state index contributed by atoms with van der Waals surface area (Å²) in [7, 11) is 2.24. The highest BCUT2D eigenvalue weighted by Gasteiger charge is 2.32. The van der Waals surface area contributed by atoms with Crippen molar-refractivity contribution in [2.24, 2.45) is 17.6 Å². The minimum atomic E-state index is 0.169. The molecule has 1 fully saturated rings. The van der Waals surface area contributed by atoms with Gasteiger partial charge in [-0.05, 0) is 38.6 Å². The van der Waals surface area contributed by atoms with Crippen LogP contribution in [0.1, 0.15) is 46.5 Å². The molecule has 1 saturated carbocycles. The van der Waals surface area contributed by atoms with E-state index in [1.165, 1.54) is 32.2 Å². The first-order chi connectivity index (χ1) is 7.00. The van der Waals surface area contributed by atoms with Crippen molar-refractivity contribution in [1.82, 2.24) is 4.90 Å². The van der Waals surface area contributed by atoms with E-state index in [-0.39, 0.29) is 5.54 Å². The van der Waals surface area contributed by atoms with Crippen molar-refractivity contribution in [2.45, 2.75) is 52.0 Å². The predicted molar refractivity (Wildman–Crippen MR) is 66.9 cm³/mol. The van der Waals surface area contributed by atoms with E-state index in [9.17, 15) is 0 Å². The lowest BCUT2D eigenvalue weighted by atomic mass is 9.86. The third-order valence-electron chi connectivity index (χ3n) is 4.54. The fourth-order valence-electron chi connectivity index (χ4n) is 2.62. The second-order valence-electron chi connectivity index (χ2n) is 5.75. The SMILES string of the molecule is CC(C)C(C)(CN)N(C)CC1CCCC1. The van der Waals surface area contributed by atoms with E-state index in [0.717, 1.165) is 12.5 Å². The van der Waals surface area contributed by atoms with Gasteiger partial charge >= 0.3 is 0 Å². The lowest BCUT2D eigenvalue weighted by Gasteiger charge is -2.42. The van der Waals surface area contributed by atoms with Crippen LogP contribution in [0.25, 0.3) is 0 Å². The van der Waals surface area contributed by atoms with Gasteiger partial charge in [-0.1, -0.05) is 26.7 Å². The molecule has 90 valence electrons. The Morgan fingerprint density at radius 2 is 1.87 bits per heavy atom. The normalized spacial score (nSPS) is 22.6. The molecule has 15 heavy (non-hydrogen) atoms. The Labute approximate surface area is 95.2 Å². The summed E-state index contributed by atoms with van der Waals surface area (Å²) in [5, 5.41) is 0. The van der Waals surface area contributed by atoms with Crippen LogP contribution in [0, 0.1) is 11.8 Å². The van der Waals surface area contributed by atoms with Gasteiger partial charge in [0.2, 0.25) is 0 Å². The molecule has 0 aromatic heterocycles. The van der Waals surface area contributed by atoms with E-state index in [2.05, 4.69) is 32.7 Å². The summed E-state index contributed by atoms with van der Waals surface area (Å²) < 4.78 is 0. The van der Waals surface area contributed by atoms with Crippen molar-refractivity contribution in [3.8, 4) is 0 Å². The molecule has 0 aromatic carbocycles. The monoisotopic (exact) mass is 212 g/mol. The summed E-state index contributed by atoms with van der Waals surface area (Å²) in [6, 6.07) is 0. The zero-order chi connectivity index (χ0) is 11.5. The Hall–Kier alpha value is -0.0800. The van der Waals surface area contributed by atoms with Gasteiger partial charge in [0.25, 0.3) is 0 Å². The van der Waals surface area contributed by atoms with E-state index in [4.69, 9.17) is 5.73 Å². The molecule has 0 saturated heterocycles. The minimum absolute atomic E-state index is 0.169. The highest BCUT2D eigenvalue weighted by Crippen LogP contribution is 2.29. The number of hydrogen-bond acceptors (Lipinski definition) is 2. The highest BCUT2D eigenvalue weighted by molar-refractivity contribution is 4.89. The van der Waals surface area contributed by atoms with Crippen LogP contribution >= 0.6 is 0 Å². The summed E-state index contributed by atoms with van der Waals surface area (Å²) >= 11 is 0. The van der Waals surface area contributed by atoms with Gasteiger partial charge in [-0.3, -0.25) is 4.90 Å². The number of rotatable bonds is 5. The van der Waals surface area contributed by atoms with Crippen molar-refractivity contribution < 1.29 is 0 Å². The summed E-state index contributed by atoms with van der Waals surface area (Å²) in [6.07, 6.45) is 5.70. The molecular weight excluding hydrogens is 184 g/mol. The third kappa shape index (κ3) is 2.94. The van der Waals surface area contributed by atoms with E-state index >= 15 is 0 Å². The molecule has 2 heteroatoms. The summed E-state index contributed by atoms with van der Waals surface area (Å²) in [5.74, 6) is 1.54. The van der Waals surface area contributed by atoms with Crippen LogP contribution in [0.4, 0.5) is 0 Å². The summed E-state index contributed by atoms with van der Waals surface area (Å²) in [6.45, 7) is 8.84. The second-order valence-corrected chi connectivity index (χ2v) is 5.75. The first-order valence-electron chi connectivity index (χ1n) is 6.42. The van der Waals surface area contributed by atoms with Gasteiger partial charge < -0.3 is 5.73 Å². The van der Waals surface area contributed by atoms with Gasteiger partial charge in [-0.2, -0.15) is 0 Å². The lowest BCUT2D eigenvalue weighted by molar-refractivity contribution is 0.0791. The average Bonchev–Trinajstić information content (AvgIpc) is 2.68. The molecule has 1 unspecified atom stereocenters. The molecule has 0 amide bonds. The Kier molecular flexibility index (Phi) is 4.60. The smallest absolute Gasteiger partial charge is 0.0323 e. The molecule has 1 aliphatic carbocycles. The van der Waals surface area contributed by atoms with E-state index in [0.29, 0.717) is 5.92 Å². The van der Waals surface area contributed by atoms with Gasteiger partial charge in [0.05, 0.1) is 0 Å². The molecule has 1 rings (SSSR count). The summed E-state index contributed by atoms with van der Waals surface area (Å²) in [4.78, 5) is 2.49. The molecule has 0 aromatic rings. The number of hydrogen-bond donors (Lipinski definition) is 1. The van der Waals surface area contributed by atoms with Crippen LogP contribution < -0.4 is 5.73 Å². The molecule has 0 heterocycles. The molecule has 0 aliphatic heterocycles. The van der Waals surface area contributed by atoms with Gasteiger partial charge in [0, 0.05) is 18.6 Å². The van der Waals surface area contributed by atoms with Gasteiger partial charge in [-0.15, -0.1) is 0 Å². The van der Waals surface area contributed by atoms with Gasteiger partial charge in [-0.25, -0.2) is 0 Å². The molecule has 2 N–H and O–H groups in total. The van der Waals surface area contributed by atoms with Crippen molar-refractivity contribution in [1.29, 1.82) is 0 Å². The Balaban J connectivity index is 2.52. The maximum absolute atomic E-state index is 5.94. The maximum atomic E-state index is 5.94. The Morgan fingerprint density at radius 1 is 1.33 bits per heavy atom. The number of nitrogens with zero attached hydrogens (tertiary/aromatic N) is 1. The van der Waals surface area contributed by atoms with Crippen LogP contribution in [0.15, 0.2) is 0 Å². The van der Waals surface area contributed by atoms with Crippen molar-refractivity contribution in [3.05, 3.63) is 0 Å². The highest BCUT2D eigenvalue weighted by atomic mass is 15.2. The molecule has 1 atom stereocenters. The van der Waals surface area contributed by atoms with Crippen LogP contribution in [0.5, 0.6) is 0 Å². The first kappa shape index (κ1) is 13.0. The van der Waals surface area contributed by atoms with Crippen LogP contribution in [0.2, 0.25) is 0 Å². The zero-order valence-corrected chi connectivity index (χ0v) is 10.9. The van der Waals surface area contributed by atoms with Crippen LogP contribution in [-0.2, 0) is 0 Å². The summed E-state index contributed by atoms with van der Waals surface area (Å²) in [5.41, 5.74) is 6.11.